The Hall–Kier alpha value is -0.540. The smallest absolute Gasteiger partial charge is 0.136 e. The molecule has 1 N–H and O–H groups in total. The number of halogens is 1. The molecule has 1 aliphatic heterocycles. The number of hydrogen-bond acceptors (Lipinski definition) is 2. The van der Waals surface area contributed by atoms with Crippen LogP contribution < -0.4 is 5.32 Å². The van der Waals surface area contributed by atoms with Crippen LogP contribution in [-0.2, 0) is 0 Å². The Labute approximate surface area is 101 Å². The molecule has 0 amide bonds. The molecular weight excluding hydrogens is 221 g/mol. The third-order valence-electron chi connectivity index (χ3n) is 2.95. The van der Waals surface area contributed by atoms with Crippen LogP contribution in [0.2, 0.25) is 0 Å². The van der Waals surface area contributed by atoms with Gasteiger partial charge in [0.05, 0.1) is 0 Å². The Morgan fingerprint density at radius 2 is 2.25 bits per heavy atom. The first-order chi connectivity index (χ1) is 7.86. The molecular formula is C13H18FNS. The highest BCUT2D eigenvalue weighted by atomic mass is 32.2. The van der Waals surface area contributed by atoms with Crippen molar-refractivity contribution in [3.63, 3.8) is 0 Å². The summed E-state index contributed by atoms with van der Waals surface area (Å²) in [5.74, 6) is 0.922. The third kappa shape index (κ3) is 3.49. The fraction of sp³-hybridized carbons (Fsp3) is 0.538. The second-order valence-corrected chi connectivity index (χ2v) is 5.35. The van der Waals surface area contributed by atoms with Gasteiger partial charge in [-0.3, -0.25) is 0 Å². The quantitative estimate of drug-likeness (QED) is 0.624. The predicted molar refractivity (Wildman–Crippen MR) is 67.4 cm³/mol. The molecule has 1 aromatic carbocycles. The lowest BCUT2D eigenvalue weighted by atomic mass is 10.1. The van der Waals surface area contributed by atoms with Gasteiger partial charge in [-0.15, -0.1) is 11.8 Å². The highest BCUT2D eigenvalue weighted by Gasteiger charge is 2.12. The predicted octanol–water partition coefficient (Wildman–Crippen LogP) is 3.45. The Morgan fingerprint density at radius 1 is 1.38 bits per heavy atom. The zero-order valence-corrected chi connectivity index (χ0v) is 10.2. The summed E-state index contributed by atoms with van der Waals surface area (Å²) in [5.41, 5.74) is 0. The number of rotatable bonds is 5. The molecule has 0 aliphatic carbocycles. The van der Waals surface area contributed by atoms with Crippen molar-refractivity contribution in [1.29, 1.82) is 0 Å². The molecule has 3 heteroatoms. The summed E-state index contributed by atoms with van der Waals surface area (Å²) in [6, 6.07) is 7.72. The summed E-state index contributed by atoms with van der Waals surface area (Å²) in [6.07, 6.45) is 5.01. The lowest BCUT2D eigenvalue weighted by Gasteiger charge is -2.09. The van der Waals surface area contributed by atoms with Gasteiger partial charge < -0.3 is 5.32 Å². The minimum Gasteiger partial charge on any atom is -0.314 e. The van der Waals surface area contributed by atoms with Crippen LogP contribution in [0.25, 0.3) is 0 Å². The fourth-order valence-electron chi connectivity index (χ4n) is 2.08. The molecule has 0 aromatic heterocycles. The van der Waals surface area contributed by atoms with Crippen molar-refractivity contribution in [2.45, 2.75) is 36.6 Å². The molecule has 0 radical (unpaired) electrons. The molecule has 1 aliphatic rings. The molecule has 0 bridgehead atoms. The maximum atomic E-state index is 13.3. The molecule has 1 nitrogen and oxygen atoms in total. The van der Waals surface area contributed by atoms with Gasteiger partial charge in [-0.05, 0) is 50.1 Å². The lowest BCUT2D eigenvalue weighted by Crippen LogP contribution is -2.20. The van der Waals surface area contributed by atoms with Gasteiger partial charge >= 0.3 is 0 Å². The van der Waals surface area contributed by atoms with E-state index in [2.05, 4.69) is 5.32 Å². The van der Waals surface area contributed by atoms with Crippen LogP contribution in [0.5, 0.6) is 0 Å². The first-order valence-corrected chi connectivity index (χ1v) is 6.95. The van der Waals surface area contributed by atoms with Crippen LogP contribution in [0.1, 0.15) is 25.7 Å². The van der Waals surface area contributed by atoms with Crippen LogP contribution in [-0.4, -0.2) is 18.3 Å². The third-order valence-corrected chi connectivity index (χ3v) is 4.09. The summed E-state index contributed by atoms with van der Waals surface area (Å²) in [7, 11) is 0. The van der Waals surface area contributed by atoms with Gasteiger partial charge in [0.1, 0.15) is 5.82 Å². The van der Waals surface area contributed by atoms with Gasteiger partial charge in [0.25, 0.3) is 0 Å². The maximum Gasteiger partial charge on any atom is 0.136 e. The topological polar surface area (TPSA) is 12.0 Å². The monoisotopic (exact) mass is 239 g/mol. The lowest BCUT2D eigenvalue weighted by molar-refractivity contribution is 0.553. The maximum absolute atomic E-state index is 13.3. The Kier molecular flexibility index (Phi) is 4.67. The normalized spacial score (nSPS) is 20.2. The van der Waals surface area contributed by atoms with Crippen molar-refractivity contribution < 1.29 is 4.39 Å². The van der Waals surface area contributed by atoms with Crippen molar-refractivity contribution in [2.24, 2.45) is 0 Å². The van der Waals surface area contributed by atoms with Gasteiger partial charge in [0, 0.05) is 10.9 Å². The zero-order chi connectivity index (χ0) is 11.2. The van der Waals surface area contributed by atoms with E-state index in [4.69, 9.17) is 0 Å². The van der Waals surface area contributed by atoms with E-state index < -0.39 is 0 Å². The molecule has 1 unspecified atom stereocenters. The summed E-state index contributed by atoms with van der Waals surface area (Å²) in [6.45, 7) is 1.17. The first kappa shape index (κ1) is 11.9. The molecule has 1 aromatic rings. The van der Waals surface area contributed by atoms with Gasteiger partial charge in [-0.2, -0.15) is 0 Å². The molecule has 0 saturated carbocycles. The second-order valence-electron chi connectivity index (χ2n) is 4.21. The molecule has 2 rings (SSSR count). The standard InChI is InChI=1S/C13H18FNS/c14-12-7-1-2-8-13(12)16-10-4-6-11-5-3-9-15-11/h1-2,7-8,11,15H,3-6,9-10H2. The average Bonchev–Trinajstić information content (AvgIpc) is 2.79. The molecule has 16 heavy (non-hydrogen) atoms. The fourth-order valence-corrected chi connectivity index (χ4v) is 2.99. The first-order valence-electron chi connectivity index (χ1n) is 5.97. The number of nitrogens with one attached hydrogen (secondary N) is 1. The SMILES string of the molecule is Fc1ccccc1SCCCC1CCCN1. The molecule has 0 spiro atoms. The van der Waals surface area contributed by atoms with E-state index in [0.717, 1.165) is 17.1 Å². The van der Waals surface area contributed by atoms with Crippen LogP contribution in [0, 0.1) is 5.82 Å². The van der Waals surface area contributed by atoms with E-state index in [-0.39, 0.29) is 5.82 Å². The van der Waals surface area contributed by atoms with Crippen LogP contribution >= 0.6 is 11.8 Å². The molecule has 1 heterocycles. The van der Waals surface area contributed by atoms with Crippen molar-refractivity contribution in [1.82, 2.24) is 5.32 Å². The van der Waals surface area contributed by atoms with E-state index in [9.17, 15) is 4.39 Å². The largest absolute Gasteiger partial charge is 0.314 e. The Balaban J connectivity index is 1.66. The number of thioether (sulfide) groups is 1. The molecule has 1 fully saturated rings. The summed E-state index contributed by atoms with van der Waals surface area (Å²) in [4.78, 5) is 0.780. The average molecular weight is 239 g/mol. The number of benzene rings is 1. The minimum atomic E-state index is -0.0912. The summed E-state index contributed by atoms with van der Waals surface area (Å²) in [5, 5.41) is 3.48. The van der Waals surface area contributed by atoms with E-state index >= 15 is 0 Å². The van der Waals surface area contributed by atoms with Gasteiger partial charge in [0.15, 0.2) is 0 Å². The van der Waals surface area contributed by atoms with E-state index in [1.807, 2.05) is 12.1 Å². The zero-order valence-electron chi connectivity index (χ0n) is 9.42. The van der Waals surface area contributed by atoms with Crippen molar-refractivity contribution >= 4 is 11.8 Å². The van der Waals surface area contributed by atoms with Gasteiger partial charge in [0.2, 0.25) is 0 Å². The van der Waals surface area contributed by atoms with E-state index in [1.54, 1.807) is 17.8 Å². The van der Waals surface area contributed by atoms with Crippen LogP contribution in [0.15, 0.2) is 29.2 Å². The van der Waals surface area contributed by atoms with E-state index in [0.29, 0.717) is 6.04 Å². The summed E-state index contributed by atoms with van der Waals surface area (Å²) >= 11 is 1.63. The highest BCUT2D eigenvalue weighted by Crippen LogP contribution is 2.23. The minimum absolute atomic E-state index is 0.0912. The summed E-state index contributed by atoms with van der Waals surface area (Å²) < 4.78 is 13.3. The number of hydrogen-bond donors (Lipinski definition) is 1. The van der Waals surface area contributed by atoms with Gasteiger partial charge in [-0.1, -0.05) is 12.1 Å². The van der Waals surface area contributed by atoms with Crippen molar-refractivity contribution in [3.8, 4) is 0 Å². The highest BCUT2D eigenvalue weighted by molar-refractivity contribution is 7.99. The Morgan fingerprint density at radius 3 is 3.00 bits per heavy atom. The van der Waals surface area contributed by atoms with Crippen LogP contribution in [0.3, 0.4) is 0 Å². The van der Waals surface area contributed by atoms with Crippen molar-refractivity contribution in [3.05, 3.63) is 30.1 Å². The molecule has 88 valence electrons. The molecule has 1 atom stereocenters. The molecule has 1 saturated heterocycles. The van der Waals surface area contributed by atoms with E-state index in [1.165, 1.54) is 31.9 Å². The van der Waals surface area contributed by atoms with Gasteiger partial charge in [-0.25, -0.2) is 4.39 Å². The van der Waals surface area contributed by atoms with Crippen LogP contribution in [0.4, 0.5) is 4.39 Å². The Bertz CT molecular complexity index is 323. The second kappa shape index (κ2) is 6.26. The van der Waals surface area contributed by atoms with Crippen molar-refractivity contribution in [2.75, 3.05) is 12.3 Å².